The Bertz CT molecular complexity index is 150. The third kappa shape index (κ3) is 3.59. The molecule has 0 aromatic carbocycles. The third-order valence-corrected chi connectivity index (χ3v) is 4.05. The maximum atomic E-state index is 5.74. The van der Waals surface area contributed by atoms with Gasteiger partial charge >= 0.3 is 0 Å². The summed E-state index contributed by atoms with van der Waals surface area (Å²) < 4.78 is 5.74. The quantitative estimate of drug-likeness (QED) is 0.689. The van der Waals surface area contributed by atoms with Crippen molar-refractivity contribution in [2.75, 3.05) is 11.9 Å². The standard InChI is InChI=1S/C11H21BrO/c1-10(2,3)13-8-7-11(9-12)5-4-6-11/h4-9H2,1-3H3. The maximum absolute atomic E-state index is 5.74. The fraction of sp³-hybridized carbons (Fsp3) is 1.00. The van der Waals surface area contributed by atoms with Crippen LogP contribution >= 0.6 is 15.9 Å². The molecular weight excluding hydrogens is 228 g/mol. The average Bonchev–Trinajstić information content (AvgIpc) is 1.92. The molecule has 0 aromatic rings. The molecule has 0 amide bonds. The second-order valence-electron chi connectivity index (χ2n) is 5.20. The first-order valence-corrected chi connectivity index (χ1v) is 6.30. The number of halogens is 1. The van der Waals surface area contributed by atoms with Crippen molar-refractivity contribution in [3.63, 3.8) is 0 Å². The third-order valence-electron chi connectivity index (χ3n) is 2.87. The van der Waals surface area contributed by atoms with Gasteiger partial charge in [0.05, 0.1) is 5.60 Å². The molecule has 1 nitrogen and oxygen atoms in total. The van der Waals surface area contributed by atoms with Crippen LogP contribution in [0.25, 0.3) is 0 Å². The molecule has 78 valence electrons. The highest BCUT2D eigenvalue weighted by Gasteiger charge is 2.35. The van der Waals surface area contributed by atoms with Gasteiger partial charge in [0.2, 0.25) is 0 Å². The van der Waals surface area contributed by atoms with Gasteiger partial charge < -0.3 is 4.74 Å². The smallest absolute Gasteiger partial charge is 0.0598 e. The van der Waals surface area contributed by atoms with Crippen LogP contribution in [0.2, 0.25) is 0 Å². The number of alkyl halides is 1. The molecule has 0 heterocycles. The van der Waals surface area contributed by atoms with Crippen LogP contribution in [-0.2, 0) is 4.74 Å². The van der Waals surface area contributed by atoms with Crippen LogP contribution in [0.1, 0.15) is 46.5 Å². The molecule has 0 spiro atoms. The van der Waals surface area contributed by atoms with E-state index in [2.05, 4.69) is 36.7 Å². The number of ether oxygens (including phenoxy) is 1. The zero-order chi connectivity index (χ0) is 9.95. The minimum atomic E-state index is 0.0250. The first kappa shape index (κ1) is 11.5. The molecule has 1 aliphatic rings. The van der Waals surface area contributed by atoms with E-state index in [9.17, 15) is 0 Å². The first-order chi connectivity index (χ1) is 5.97. The lowest BCUT2D eigenvalue weighted by Crippen LogP contribution is -2.33. The molecule has 0 aromatic heterocycles. The number of rotatable bonds is 4. The summed E-state index contributed by atoms with van der Waals surface area (Å²) in [5, 5.41) is 1.15. The number of hydrogen-bond donors (Lipinski definition) is 0. The minimum absolute atomic E-state index is 0.0250. The number of hydrogen-bond acceptors (Lipinski definition) is 1. The van der Waals surface area contributed by atoms with E-state index in [1.165, 1.54) is 25.7 Å². The molecule has 0 unspecified atom stereocenters. The lowest BCUT2D eigenvalue weighted by molar-refractivity contribution is -0.0262. The largest absolute Gasteiger partial charge is 0.376 e. The summed E-state index contributed by atoms with van der Waals surface area (Å²) in [7, 11) is 0. The predicted molar refractivity (Wildman–Crippen MR) is 60.4 cm³/mol. The van der Waals surface area contributed by atoms with Gasteiger partial charge in [-0.25, -0.2) is 0 Å². The van der Waals surface area contributed by atoms with Gasteiger partial charge in [0, 0.05) is 11.9 Å². The van der Waals surface area contributed by atoms with Crippen molar-refractivity contribution in [3.05, 3.63) is 0 Å². The molecule has 1 rings (SSSR count). The molecule has 0 radical (unpaired) electrons. The van der Waals surface area contributed by atoms with Crippen LogP contribution in [0.15, 0.2) is 0 Å². The van der Waals surface area contributed by atoms with Crippen LogP contribution in [0.3, 0.4) is 0 Å². The van der Waals surface area contributed by atoms with E-state index in [1.807, 2.05) is 0 Å². The van der Waals surface area contributed by atoms with Gasteiger partial charge in [-0.15, -0.1) is 0 Å². The lowest BCUT2D eigenvalue weighted by atomic mass is 9.68. The summed E-state index contributed by atoms with van der Waals surface area (Å²) >= 11 is 3.61. The molecule has 0 atom stereocenters. The van der Waals surface area contributed by atoms with E-state index in [0.717, 1.165) is 11.9 Å². The van der Waals surface area contributed by atoms with Crippen LogP contribution in [0, 0.1) is 5.41 Å². The van der Waals surface area contributed by atoms with Gasteiger partial charge in [-0.1, -0.05) is 22.4 Å². The second-order valence-corrected chi connectivity index (χ2v) is 5.76. The summed E-state index contributed by atoms with van der Waals surface area (Å²) in [4.78, 5) is 0. The van der Waals surface area contributed by atoms with Crippen molar-refractivity contribution >= 4 is 15.9 Å². The van der Waals surface area contributed by atoms with Gasteiger partial charge in [0.1, 0.15) is 0 Å². The van der Waals surface area contributed by atoms with Gasteiger partial charge in [-0.3, -0.25) is 0 Å². The summed E-state index contributed by atoms with van der Waals surface area (Å²) in [6.07, 6.45) is 5.38. The molecule has 1 fully saturated rings. The molecule has 1 saturated carbocycles. The van der Waals surface area contributed by atoms with E-state index in [4.69, 9.17) is 4.74 Å². The highest BCUT2D eigenvalue weighted by molar-refractivity contribution is 9.09. The molecule has 1 aliphatic carbocycles. The van der Waals surface area contributed by atoms with E-state index in [-0.39, 0.29) is 5.60 Å². The molecular formula is C11H21BrO. The van der Waals surface area contributed by atoms with Crippen LogP contribution in [-0.4, -0.2) is 17.5 Å². The Morgan fingerprint density at radius 3 is 2.23 bits per heavy atom. The summed E-state index contributed by atoms with van der Waals surface area (Å²) in [6, 6.07) is 0. The van der Waals surface area contributed by atoms with Crippen molar-refractivity contribution in [3.8, 4) is 0 Å². The van der Waals surface area contributed by atoms with Crippen LogP contribution in [0.5, 0.6) is 0 Å². The zero-order valence-electron chi connectivity index (χ0n) is 9.03. The topological polar surface area (TPSA) is 9.23 Å². The van der Waals surface area contributed by atoms with Gasteiger partial charge in [-0.05, 0) is 45.4 Å². The molecule has 0 N–H and O–H groups in total. The zero-order valence-corrected chi connectivity index (χ0v) is 10.6. The van der Waals surface area contributed by atoms with E-state index < -0.39 is 0 Å². The summed E-state index contributed by atoms with van der Waals surface area (Å²) in [5.74, 6) is 0. The Labute approximate surface area is 90.4 Å². The minimum Gasteiger partial charge on any atom is -0.376 e. The Morgan fingerprint density at radius 1 is 1.31 bits per heavy atom. The molecule has 0 aliphatic heterocycles. The monoisotopic (exact) mass is 248 g/mol. The van der Waals surface area contributed by atoms with Crippen molar-refractivity contribution < 1.29 is 4.74 Å². The normalized spacial score (nSPS) is 21.2. The van der Waals surface area contributed by atoms with Crippen molar-refractivity contribution in [1.29, 1.82) is 0 Å². The van der Waals surface area contributed by atoms with Crippen LogP contribution < -0.4 is 0 Å². The predicted octanol–water partition coefficient (Wildman–Crippen LogP) is 3.76. The van der Waals surface area contributed by atoms with E-state index >= 15 is 0 Å². The van der Waals surface area contributed by atoms with E-state index in [0.29, 0.717) is 5.41 Å². The van der Waals surface area contributed by atoms with Crippen molar-refractivity contribution in [1.82, 2.24) is 0 Å². The Balaban J connectivity index is 2.18. The summed E-state index contributed by atoms with van der Waals surface area (Å²) in [5.41, 5.74) is 0.600. The average molecular weight is 249 g/mol. The van der Waals surface area contributed by atoms with Crippen molar-refractivity contribution in [2.24, 2.45) is 5.41 Å². The Morgan fingerprint density at radius 2 is 1.92 bits per heavy atom. The van der Waals surface area contributed by atoms with Gasteiger partial charge in [0.25, 0.3) is 0 Å². The first-order valence-electron chi connectivity index (χ1n) is 5.17. The van der Waals surface area contributed by atoms with Gasteiger partial charge in [-0.2, -0.15) is 0 Å². The van der Waals surface area contributed by atoms with Crippen LogP contribution in [0.4, 0.5) is 0 Å². The highest BCUT2D eigenvalue weighted by atomic mass is 79.9. The fourth-order valence-electron chi connectivity index (χ4n) is 1.70. The SMILES string of the molecule is CC(C)(C)OCCC1(CBr)CCC1. The highest BCUT2D eigenvalue weighted by Crippen LogP contribution is 2.45. The molecule has 2 heteroatoms. The maximum Gasteiger partial charge on any atom is 0.0598 e. The molecule has 0 bridgehead atoms. The second kappa shape index (κ2) is 4.31. The van der Waals surface area contributed by atoms with Gasteiger partial charge in [0.15, 0.2) is 0 Å². The molecule has 0 saturated heterocycles. The fourth-order valence-corrected chi connectivity index (χ4v) is 2.54. The summed E-state index contributed by atoms with van der Waals surface area (Å²) in [6.45, 7) is 7.27. The Hall–Kier alpha value is 0.440. The molecule has 13 heavy (non-hydrogen) atoms. The Kier molecular flexibility index (Phi) is 3.82. The lowest BCUT2D eigenvalue weighted by Gasteiger charge is -2.41. The van der Waals surface area contributed by atoms with E-state index in [1.54, 1.807) is 0 Å². The van der Waals surface area contributed by atoms with Crippen molar-refractivity contribution in [2.45, 2.75) is 52.1 Å².